The molecule has 3 aliphatic heterocycles. The van der Waals surface area contributed by atoms with Gasteiger partial charge in [-0.3, -0.25) is 4.79 Å². The molecule has 292 valence electrons. The predicted molar refractivity (Wildman–Crippen MR) is 171 cm³/mol. The Morgan fingerprint density at radius 1 is 0.642 bits per heavy atom. The second-order valence-electron chi connectivity index (χ2n) is 13.1. The van der Waals surface area contributed by atoms with Crippen molar-refractivity contribution < 1.29 is 94.1 Å². The van der Waals surface area contributed by atoms with Gasteiger partial charge in [0, 0.05) is 17.7 Å². The molecule has 20 nitrogen and oxygen atoms in total. The number of fused-ring (bicyclic) bond motifs is 1. The van der Waals surface area contributed by atoms with Crippen molar-refractivity contribution in [3.05, 3.63) is 40.6 Å². The van der Waals surface area contributed by atoms with E-state index in [2.05, 4.69) is 0 Å². The van der Waals surface area contributed by atoms with Crippen LogP contribution in [0.15, 0.2) is 39.5 Å². The second kappa shape index (κ2) is 15.1. The number of ether oxygens (including phenoxy) is 6. The molecular formula is C33H40O20. The summed E-state index contributed by atoms with van der Waals surface area (Å²) in [6.45, 7) is 2.08. The number of rotatable bonds is 8. The van der Waals surface area contributed by atoms with Gasteiger partial charge in [-0.2, -0.15) is 0 Å². The topological polar surface area (TPSA) is 328 Å². The zero-order valence-electron chi connectivity index (χ0n) is 27.9. The Labute approximate surface area is 298 Å². The average molecular weight is 757 g/mol. The number of hydrogen-bond acceptors (Lipinski definition) is 20. The second-order valence-corrected chi connectivity index (χ2v) is 13.1. The maximum Gasteiger partial charge on any atom is 0.239 e. The quantitative estimate of drug-likeness (QED) is 0.103. The van der Waals surface area contributed by atoms with Gasteiger partial charge >= 0.3 is 0 Å². The van der Waals surface area contributed by atoms with Crippen LogP contribution in [-0.4, -0.2) is 160 Å². The molecule has 0 aliphatic carbocycles. The fraction of sp³-hybridized carbons (Fsp3) is 0.545. The Kier molecular flexibility index (Phi) is 11.1. The zero-order valence-corrected chi connectivity index (χ0v) is 27.9. The van der Waals surface area contributed by atoms with Crippen LogP contribution in [0.25, 0.3) is 22.3 Å². The van der Waals surface area contributed by atoms with E-state index in [9.17, 15) is 66.1 Å². The average Bonchev–Trinajstić information content (AvgIpc) is 3.11. The summed E-state index contributed by atoms with van der Waals surface area (Å²) in [5.41, 5.74) is -1.46. The van der Waals surface area contributed by atoms with E-state index in [1.165, 1.54) is 19.9 Å². The smallest absolute Gasteiger partial charge is 0.239 e. The van der Waals surface area contributed by atoms with E-state index in [1.54, 1.807) is 0 Å². The first kappa shape index (κ1) is 38.8. The summed E-state index contributed by atoms with van der Waals surface area (Å²) in [4.78, 5) is 13.8. The summed E-state index contributed by atoms with van der Waals surface area (Å²) < 4.78 is 39.8. The molecule has 3 saturated heterocycles. The summed E-state index contributed by atoms with van der Waals surface area (Å²) in [5.74, 6) is -3.53. The number of benzene rings is 2. The van der Waals surface area contributed by atoms with Crippen LogP contribution in [0.2, 0.25) is 0 Å². The van der Waals surface area contributed by atoms with Crippen LogP contribution in [0.3, 0.4) is 0 Å². The first-order valence-electron chi connectivity index (χ1n) is 16.4. The number of phenolic OH excluding ortho intramolecular Hbond substituents is 4. The number of aliphatic hydroxyl groups is 8. The molecule has 3 fully saturated rings. The van der Waals surface area contributed by atoms with Crippen molar-refractivity contribution in [2.24, 2.45) is 0 Å². The molecule has 0 amide bonds. The van der Waals surface area contributed by atoms with E-state index in [0.29, 0.717) is 0 Å². The predicted octanol–water partition coefficient (Wildman–Crippen LogP) is -2.84. The Balaban J connectivity index is 1.27. The Bertz CT molecular complexity index is 1830. The van der Waals surface area contributed by atoms with Crippen molar-refractivity contribution in [1.82, 2.24) is 0 Å². The van der Waals surface area contributed by atoms with Gasteiger partial charge in [0.15, 0.2) is 29.8 Å². The van der Waals surface area contributed by atoms with Crippen LogP contribution in [-0.2, 0) is 23.7 Å². The monoisotopic (exact) mass is 756 g/mol. The minimum absolute atomic E-state index is 0.0678. The number of hydrogen-bond donors (Lipinski definition) is 12. The summed E-state index contributed by atoms with van der Waals surface area (Å²) in [7, 11) is 0. The molecule has 1 aromatic heterocycles. The van der Waals surface area contributed by atoms with Gasteiger partial charge in [0.05, 0.1) is 18.8 Å². The maximum atomic E-state index is 13.8. The fourth-order valence-electron chi connectivity index (χ4n) is 6.25. The Hall–Kier alpha value is -3.87. The standard InChI is InChI=1S/C33H40O20/c1-9-19(38)23(42)26(45)31(48-9)53-30-25(44)20(39)10(2)49-33(30)47-8-17-21(40)24(43)27(46)32(51-17)52-29-22(41)18-15(37)6-12(34)7-16(18)50-28(29)11-3-4-13(35)14(36)5-11/h3-7,9-10,17,19-21,23-27,30-40,42-46H,8H2,1-2H3/t9-,10-,17+,19-,20-,21+,23+,24-,25+,26+,27+,30+,31+,32-,33+/m0/s1. The van der Waals surface area contributed by atoms with Crippen molar-refractivity contribution in [3.63, 3.8) is 0 Å². The molecule has 4 heterocycles. The summed E-state index contributed by atoms with van der Waals surface area (Å²) in [5, 5.41) is 125. The van der Waals surface area contributed by atoms with E-state index in [4.69, 9.17) is 32.8 Å². The number of aromatic hydroxyl groups is 4. The highest BCUT2D eigenvalue weighted by Crippen LogP contribution is 2.40. The minimum atomic E-state index is -2.04. The van der Waals surface area contributed by atoms with Gasteiger partial charge in [0.2, 0.25) is 17.5 Å². The van der Waals surface area contributed by atoms with Crippen molar-refractivity contribution in [2.45, 2.75) is 106 Å². The van der Waals surface area contributed by atoms with Crippen molar-refractivity contribution in [1.29, 1.82) is 0 Å². The molecule has 0 bridgehead atoms. The van der Waals surface area contributed by atoms with Crippen LogP contribution >= 0.6 is 0 Å². The first-order valence-corrected chi connectivity index (χ1v) is 16.4. The van der Waals surface area contributed by atoms with Crippen molar-refractivity contribution in [2.75, 3.05) is 6.61 Å². The lowest BCUT2D eigenvalue weighted by molar-refractivity contribution is -0.367. The highest BCUT2D eigenvalue weighted by molar-refractivity contribution is 5.88. The zero-order chi connectivity index (χ0) is 38.6. The molecule has 0 radical (unpaired) electrons. The van der Waals surface area contributed by atoms with Gasteiger partial charge in [-0.1, -0.05) is 0 Å². The van der Waals surface area contributed by atoms with E-state index in [0.717, 1.165) is 24.3 Å². The van der Waals surface area contributed by atoms with Crippen molar-refractivity contribution >= 4 is 11.0 Å². The van der Waals surface area contributed by atoms with Crippen LogP contribution < -0.4 is 10.2 Å². The largest absolute Gasteiger partial charge is 0.508 e. The number of aliphatic hydroxyl groups excluding tert-OH is 8. The van der Waals surface area contributed by atoms with Gasteiger partial charge < -0.3 is 94.1 Å². The van der Waals surface area contributed by atoms with Crippen LogP contribution in [0, 0.1) is 0 Å². The van der Waals surface area contributed by atoms with Gasteiger partial charge in [-0.15, -0.1) is 0 Å². The van der Waals surface area contributed by atoms with Gasteiger partial charge in [0.1, 0.15) is 83.5 Å². The molecule has 6 rings (SSSR count). The van der Waals surface area contributed by atoms with Gasteiger partial charge in [-0.25, -0.2) is 0 Å². The third-order valence-electron chi connectivity index (χ3n) is 9.37. The van der Waals surface area contributed by atoms with Crippen molar-refractivity contribution in [3.8, 4) is 40.1 Å². The van der Waals surface area contributed by atoms with E-state index in [-0.39, 0.29) is 11.1 Å². The molecule has 0 unspecified atom stereocenters. The maximum absolute atomic E-state index is 13.8. The summed E-state index contributed by atoms with van der Waals surface area (Å²) in [6, 6.07) is 5.14. The molecule has 15 atom stereocenters. The molecule has 0 spiro atoms. The Morgan fingerprint density at radius 3 is 1.94 bits per heavy atom. The first-order chi connectivity index (χ1) is 25.0. The van der Waals surface area contributed by atoms with Crippen LogP contribution in [0.4, 0.5) is 0 Å². The third kappa shape index (κ3) is 7.34. The lowest BCUT2D eigenvalue weighted by Crippen LogP contribution is -2.64. The van der Waals surface area contributed by atoms with E-state index >= 15 is 0 Å². The third-order valence-corrected chi connectivity index (χ3v) is 9.37. The number of phenols is 4. The molecule has 20 heteroatoms. The highest BCUT2D eigenvalue weighted by Gasteiger charge is 2.51. The molecule has 0 saturated carbocycles. The molecule has 3 aromatic rings. The van der Waals surface area contributed by atoms with Gasteiger partial charge in [0.25, 0.3) is 0 Å². The lowest BCUT2D eigenvalue weighted by atomic mass is 9.97. The van der Waals surface area contributed by atoms with Crippen LogP contribution in [0.1, 0.15) is 13.8 Å². The van der Waals surface area contributed by atoms with Crippen LogP contribution in [0.5, 0.6) is 28.7 Å². The molecule has 3 aliphatic rings. The SMILES string of the molecule is C[C@@H]1O[C@H](O[C@H]2[C@H](OC[C@H]3O[C@@H](Oc4c(-c5ccc(O)c(O)c5)oc5cc(O)cc(O)c5c4=O)[C@H](O)[C@@H](O)[C@@H]3O)O[C@@H](C)[C@H](O)[C@H]2O)[C@H](O)[C@H](O)[C@H]1O. The van der Waals surface area contributed by atoms with E-state index in [1.807, 2.05) is 0 Å². The van der Waals surface area contributed by atoms with Gasteiger partial charge in [-0.05, 0) is 32.0 Å². The lowest BCUT2D eigenvalue weighted by Gasteiger charge is -2.46. The Morgan fingerprint density at radius 2 is 1.26 bits per heavy atom. The normalized spacial score (nSPS) is 37.8. The highest BCUT2D eigenvalue weighted by atomic mass is 16.8. The summed E-state index contributed by atoms with van der Waals surface area (Å²) in [6.07, 6.45) is -24.7. The molecular weight excluding hydrogens is 716 g/mol. The summed E-state index contributed by atoms with van der Waals surface area (Å²) >= 11 is 0. The van der Waals surface area contributed by atoms with E-state index < -0.39 is 144 Å². The fourth-order valence-corrected chi connectivity index (χ4v) is 6.25. The minimum Gasteiger partial charge on any atom is -0.508 e. The molecule has 2 aromatic carbocycles. The molecule has 53 heavy (non-hydrogen) atoms. The molecule has 12 N–H and O–H groups in total.